The lowest BCUT2D eigenvalue weighted by Crippen LogP contribution is -2.28. The van der Waals surface area contributed by atoms with Gasteiger partial charge in [0.2, 0.25) is 0 Å². The van der Waals surface area contributed by atoms with Crippen molar-refractivity contribution in [3.05, 3.63) is 122 Å². The van der Waals surface area contributed by atoms with Crippen molar-refractivity contribution in [1.82, 2.24) is 9.97 Å². The first-order chi connectivity index (χ1) is 18.1. The highest BCUT2D eigenvalue weighted by Crippen LogP contribution is 2.35. The number of nitrogens with zero attached hydrogens (tertiary/aromatic N) is 2. The van der Waals surface area contributed by atoms with Gasteiger partial charge >= 0.3 is 0 Å². The molecule has 0 saturated heterocycles. The Morgan fingerprint density at radius 1 is 0.676 bits per heavy atom. The average molecular weight is 499 g/mol. The number of hydrogen-bond donors (Lipinski definition) is 0. The minimum atomic E-state index is -1.29. The van der Waals surface area contributed by atoms with Crippen molar-refractivity contribution >= 4 is 29.9 Å². The number of benzene rings is 3. The van der Waals surface area contributed by atoms with E-state index in [1.165, 1.54) is 52.4 Å². The largest absolute Gasteiger partial charge is 0.254 e. The van der Waals surface area contributed by atoms with Gasteiger partial charge in [-0.2, -0.15) is 0 Å². The molecule has 0 aliphatic heterocycles. The Balaban J connectivity index is 1.42. The van der Waals surface area contributed by atoms with Gasteiger partial charge in [-0.25, -0.2) is 0 Å². The van der Waals surface area contributed by atoms with E-state index in [2.05, 4.69) is 105 Å². The van der Waals surface area contributed by atoms with Gasteiger partial charge in [0.1, 0.15) is 0 Å². The van der Waals surface area contributed by atoms with Crippen LogP contribution in [0.5, 0.6) is 0 Å². The van der Waals surface area contributed by atoms with Crippen LogP contribution in [0, 0.1) is 0 Å². The van der Waals surface area contributed by atoms with Crippen molar-refractivity contribution in [2.45, 2.75) is 37.5 Å². The average Bonchev–Trinajstić information content (AvgIpc) is 2.93. The molecule has 5 aromatic rings. The Bertz CT molecular complexity index is 1530. The molecule has 0 spiro atoms. The first-order valence-corrected chi connectivity index (χ1v) is 16.3. The Morgan fingerprint density at radius 2 is 1.22 bits per heavy atom. The zero-order valence-corrected chi connectivity index (χ0v) is 22.7. The lowest BCUT2D eigenvalue weighted by Gasteiger charge is -2.24. The zero-order chi connectivity index (χ0) is 25.7. The predicted octanol–water partition coefficient (Wildman–Crippen LogP) is 9.50. The molecule has 0 bridgehead atoms. The summed E-state index contributed by atoms with van der Waals surface area (Å²) in [6, 6.07) is 31.8. The molecule has 2 aromatic heterocycles. The molecule has 2 nitrogen and oxygen atoms in total. The summed E-state index contributed by atoms with van der Waals surface area (Å²) >= 11 is 0. The normalized spacial score (nSPS) is 11.6. The van der Waals surface area contributed by atoms with E-state index in [4.69, 9.17) is 9.97 Å². The second-order valence-electron chi connectivity index (χ2n) is 10.3. The third-order valence-corrected chi connectivity index (χ3v) is 11.6. The summed E-state index contributed by atoms with van der Waals surface area (Å²) in [6.45, 7) is 10.4. The molecule has 5 rings (SSSR count). The second-order valence-corrected chi connectivity index (χ2v) is 15.2. The van der Waals surface area contributed by atoms with Gasteiger partial charge in [0.15, 0.2) is 0 Å². The first-order valence-electron chi connectivity index (χ1n) is 13.1. The van der Waals surface area contributed by atoms with Crippen molar-refractivity contribution in [2.24, 2.45) is 0 Å². The van der Waals surface area contributed by atoms with Crippen LogP contribution in [-0.2, 0) is 6.42 Å². The van der Waals surface area contributed by atoms with Crippen molar-refractivity contribution in [3.63, 3.8) is 0 Å². The van der Waals surface area contributed by atoms with Crippen molar-refractivity contribution in [2.75, 3.05) is 0 Å². The second kappa shape index (κ2) is 11.1. The van der Waals surface area contributed by atoms with Crippen LogP contribution >= 0.6 is 0 Å². The van der Waals surface area contributed by atoms with E-state index >= 15 is 0 Å². The molecule has 3 heteroatoms. The van der Waals surface area contributed by atoms with Crippen molar-refractivity contribution in [3.8, 4) is 22.3 Å². The van der Waals surface area contributed by atoms with E-state index in [0.29, 0.717) is 0 Å². The highest BCUT2D eigenvalue weighted by Gasteiger charge is 2.23. The third kappa shape index (κ3) is 5.33. The molecule has 0 amide bonds. The summed E-state index contributed by atoms with van der Waals surface area (Å²) in [6.07, 6.45) is 10.3. The number of rotatable bonds is 10. The van der Waals surface area contributed by atoms with Crippen LogP contribution in [0.2, 0.25) is 24.7 Å². The number of aromatic nitrogens is 2. The number of aryl methyl sites for hydroxylation is 1. The van der Waals surface area contributed by atoms with Gasteiger partial charge in [0, 0.05) is 23.2 Å². The lowest BCUT2D eigenvalue weighted by molar-refractivity contribution is 0.896. The van der Waals surface area contributed by atoms with Crippen LogP contribution in [0.15, 0.2) is 117 Å². The predicted molar refractivity (Wildman–Crippen MR) is 163 cm³/mol. The molecular weight excluding hydrogens is 464 g/mol. The standard InChI is InChI=1S/C34H34N2Si/c1-4-23-37(3,24-5-2)25-9-10-26-13-15-28(16-14-26)30-20-22-36-34-32(30)18-17-31-29(19-21-35-33(31)34)27-11-7-6-8-12-27/h4-8,11-22H,1-2,9-10,23-25H2,3H3. The SMILES string of the molecule is C=CC[Si](C)(CC=C)CCCc1ccc(-c2ccnc3c2ccc2c(-c4ccccc4)ccnc23)cc1. The van der Waals surface area contributed by atoms with Gasteiger partial charge < -0.3 is 0 Å². The quantitative estimate of drug-likeness (QED) is 0.109. The lowest BCUT2D eigenvalue weighted by atomic mass is 9.96. The van der Waals surface area contributed by atoms with Gasteiger partial charge in [-0.3, -0.25) is 9.97 Å². The number of allylic oxidation sites excluding steroid dienone is 2. The van der Waals surface area contributed by atoms with Gasteiger partial charge in [-0.05, 0) is 58.5 Å². The van der Waals surface area contributed by atoms with Crippen LogP contribution in [0.3, 0.4) is 0 Å². The molecule has 0 fully saturated rings. The fraction of sp³-hybridized carbons (Fsp3) is 0.176. The minimum Gasteiger partial charge on any atom is -0.254 e. The van der Waals surface area contributed by atoms with Crippen molar-refractivity contribution in [1.29, 1.82) is 0 Å². The maximum atomic E-state index is 4.77. The van der Waals surface area contributed by atoms with Gasteiger partial charge in [-0.15, -0.1) is 13.2 Å². The van der Waals surface area contributed by atoms with E-state index < -0.39 is 8.07 Å². The molecule has 0 radical (unpaired) electrons. The molecule has 0 unspecified atom stereocenters. The van der Waals surface area contributed by atoms with E-state index in [1.54, 1.807) is 0 Å². The van der Waals surface area contributed by atoms with E-state index in [9.17, 15) is 0 Å². The molecule has 3 aromatic carbocycles. The maximum absolute atomic E-state index is 4.77. The molecular formula is C34H34N2Si. The smallest absolute Gasteiger partial charge is 0.0970 e. The highest BCUT2D eigenvalue weighted by atomic mass is 28.3. The molecule has 0 N–H and O–H groups in total. The van der Waals surface area contributed by atoms with Crippen molar-refractivity contribution < 1.29 is 0 Å². The van der Waals surface area contributed by atoms with Crippen LogP contribution in [0.4, 0.5) is 0 Å². The molecule has 37 heavy (non-hydrogen) atoms. The van der Waals surface area contributed by atoms with E-state index in [0.717, 1.165) is 28.2 Å². The van der Waals surface area contributed by atoms with Gasteiger partial charge in [0.25, 0.3) is 0 Å². The number of hydrogen-bond acceptors (Lipinski definition) is 2. The molecule has 0 atom stereocenters. The topological polar surface area (TPSA) is 25.8 Å². The summed E-state index contributed by atoms with van der Waals surface area (Å²) in [5.41, 5.74) is 8.08. The minimum absolute atomic E-state index is 0.948. The van der Waals surface area contributed by atoms with Crippen LogP contribution < -0.4 is 0 Å². The fourth-order valence-corrected chi connectivity index (χ4v) is 8.50. The Labute approximate surface area is 221 Å². The van der Waals surface area contributed by atoms with Gasteiger partial charge in [0.05, 0.1) is 19.1 Å². The summed E-state index contributed by atoms with van der Waals surface area (Å²) in [4.78, 5) is 9.52. The van der Waals surface area contributed by atoms with Crippen LogP contribution in [0.25, 0.3) is 44.1 Å². The molecule has 0 aliphatic carbocycles. The van der Waals surface area contributed by atoms with E-state index in [1.807, 2.05) is 18.5 Å². The summed E-state index contributed by atoms with van der Waals surface area (Å²) in [5, 5.41) is 2.26. The number of pyridine rings is 2. The molecule has 0 aliphatic rings. The maximum Gasteiger partial charge on any atom is 0.0970 e. The first kappa shape index (κ1) is 24.9. The summed E-state index contributed by atoms with van der Waals surface area (Å²) in [7, 11) is -1.29. The van der Waals surface area contributed by atoms with Gasteiger partial charge in [-0.1, -0.05) is 97.9 Å². The Morgan fingerprint density at radius 3 is 1.76 bits per heavy atom. The third-order valence-electron chi connectivity index (χ3n) is 7.49. The van der Waals surface area contributed by atoms with Crippen LogP contribution in [-0.4, -0.2) is 18.0 Å². The zero-order valence-electron chi connectivity index (χ0n) is 21.7. The molecule has 2 heterocycles. The molecule has 0 saturated carbocycles. The number of fused-ring (bicyclic) bond motifs is 3. The van der Waals surface area contributed by atoms with E-state index in [-0.39, 0.29) is 0 Å². The Kier molecular flexibility index (Phi) is 7.43. The summed E-state index contributed by atoms with van der Waals surface area (Å²) in [5.74, 6) is 0. The Hall–Kier alpha value is -3.82. The summed E-state index contributed by atoms with van der Waals surface area (Å²) < 4.78 is 0. The van der Waals surface area contributed by atoms with Crippen LogP contribution in [0.1, 0.15) is 12.0 Å². The molecule has 184 valence electrons. The fourth-order valence-electron chi connectivity index (χ4n) is 5.50. The highest BCUT2D eigenvalue weighted by molar-refractivity contribution is 6.79. The monoisotopic (exact) mass is 498 g/mol.